The Kier molecular flexibility index (Phi) is 3.62. The molecule has 2 rings (SSSR count). The second-order valence-corrected chi connectivity index (χ2v) is 6.01. The van der Waals surface area contributed by atoms with Crippen LogP contribution in [-0.2, 0) is 5.54 Å². The summed E-state index contributed by atoms with van der Waals surface area (Å²) < 4.78 is 0. The van der Waals surface area contributed by atoms with Crippen LogP contribution in [0.1, 0.15) is 36.1 Å². The largest absolute Gasteiger partial charge is 0.319 e. The number of aryl methyl sites for hydroxylation is 1. The highest BCUT2D eigenvalue weighted by molar-refractivity contribution is 7.11. The van der Waals surface area contributed by atoms with Gasteiger partial charge in [0.2, 0.25) is 0 Å². The Morgan fingerprint density at radius 2 is 2.19 bits per heavy atom. The normalized spacial score (nSPS) is 21.2. The van der Waals surface area contributed by atoms with Crippen molar-refractivity contribution in [3.05, 3.63) is 16.1 Å². The lowest BCUT2D eigenvalue weighted by Crippen LogP contribution is -2.48. The monoisotopic (exact) mass is 239 g/mol. The van der Waals surface area contributed by atoms with Crippen LogP contribution in [0, 0.1) is 6.92 Å². The van der Waals surface area contributed by atoms with Gasteiger partial charge in [-0.1, -0.05) is 6.92 Å². The van der Waals surface area contributed by atoms with Crippen molar-refractivity contribution in [3.8, 4) is 0 Å². The third-order valence-corrected chi connectivity index (χ3v) is 4.47. The summed E-state index contributed by atoms with van der Waals surface area (Å²) in [7, 11) is 0. The lowest BCUT2D eigenvalue weighted by Gasteiger charge is -2.37. The van der Waals surface area contributed by atoms with Gasteiger partial charge in [-0.15, -0.1) is 11.3 Å². The number of hydrogen-bond acceptors (Lipinski definition) is 4. The van der Waals surface area contributed by atoms with E-state index in [0.717, 1.165) is 30.9 Å². The van der Waals surface area contributed by atoms with Crippen molar-refractivity contribution in [1.82, 2.24) is 9.88 Å². The molecule has 1 saturated heterocycles. The molecule has 90 valence electrons. The van der Waals surface area contributed by atoms with Crippen LogP contribution in [0.4, 0.5) is 0 Å². The molecule has 16 heavy (non-hydrogen) atoms. The van der Waals surface area contributed by atoms with Gasteiger partial charge in [-0.3, -0.25) is 0 Å². The van der Waals surface area contributed by atoms with Crippen LogP contribution < -0.4 is 5.73 Å². The number of thiazole rings is 1. The van der Waals surface area contributed by atoms with Crippen LogP contribution in [0.2, 0.25) is 0 Å². The number of nitrogens with zero attached hydrogens (tertiary/aromatic N) is 2. The molecule has 0 amide bonds. The van der Waals surface area contributed by atoms with Gasteiger partial charge in [-0.05, 0) is 32.7 Å². The van der Waals surface area contributed by atoms with Crippen LogP contribution in [0.5, 0.6) is 0 Å². The zero-order chi connectivity index (χ0) is 11.6. The smallest absolute Gasteiger partial charge is 0.113 e. The third kappa shape index (κ3) is 2.44. The van der Waals surface area contributed by atoms with Gasteiger partial charge in [0.05, 0.1) is 5.54 Å². The van der Waals surface area contributed by atoms with E-state index in [-0.39, 0.29) is 5.54 Å². The average Bonchev–Trinajstić information content (AvgIpc) is 2.70. The first kappa shape index (κ1) is 12.0. The van der Waals surface area contributed by atoms with Crippen molar-refractivity contribution >= 4 is 11.3 Å². The highest BCUT2D eigenvalue weighted by Crippen LogP contribution is 2.32. The fourth-order valence-corrected chi connectivity index (χ4v) is 3.21. The maximum Gasteiger partial charge on any atom is 0.113 e. The van der Waals surface area contributed by atoms with Crippen LogP contribution in [0.3, 0.4) is 0 Å². The lowest BCUT2D eigenvalue weighted by atomic mass is 9.89. The Balaban J connectivity index is 2.01. The lowest BCUT2D eigenvalue weighted by molar-refractivity contribution is 0.162. The molecule has 1 aromatic heterocycles. The van der Waals surface area contributed by atoms with Gasteiger partial charge in [0, 0.05) is 24.2 Å². The van der Waals surface area contributed by atoms with Crippen LogP contribution in [0.25, 0.3) is 0 Å². The minimum Gasteiger partial charge on any atom is -0.319 e. The molecule has 1 fully saturated rings. The van der Waals surface area contributed by atoms with E-state index >= 15 is 0 Å². The number of aromatic nitrogens is 1. The molecule has 0 bridgehead atoms. The molecule has 2 N–H and O–H groups in total. The minimum absolute atomic E-state index is 0.164. The Hall–Kier alpha value is -0.450. The average molecular weight is 239 g/mol. The molecule has 0 aromatic carbocycles. The Morgan fingerprint density at radius 1 is 1.50 bits per heavy atom. The summed E-state index contributed by atoms with van der Waals surface area (Å²) >= 11 is 1.75. The van der Waals surface area contributed by atoms with Crippen molar-refractivity contribution in [1.29, 1.82) is 0 Å². The van der Waals surface area contributed by atoms with Gasteiger partial charge in [-0.2, -0.15) is 0 Å². The van der Waals surface area contributed by atoms with E-state index < -0.39 is 0 Å². The number of likely N-dealkylation sites (tertiary alicyclic amines) is 1. The van der Waals surface area contributed by atoms with Crippen molar-refractivity contribution in [3.63, 3.8) is 0 Å². The summed E-state index contributed by atoms with van der Waals surface area (Å²) in [5.74, 6) is 0. The van der Waals surface area contributed by atoms with Gasteiger partial charge < -0.3 is 10.6 Å². The first-order valence-corrected chi connectivity index (χ1v) is 6.90. The molecule has 1 aliphatic heterocycles. The fraction of sp³-hybridized carbons (Fsp3) is 0.750. The quantitative estimate of drug-likeness (QED) is 0.878. The van der Waals surface area contributed by atoms with E-state index in [4.69, 9.17) is 5.73 Å². The topological polar surface area (TPSA) is 42.1 Å². The van der Waals surface area contributed by atoms with E-state index in [9.17, 15) is 0 Å². The molecule has 4 heteroatoms. The highest BCUT2D eigenvalue weighted by Gasteiger charge is 2.34. The third-order valence-electron chi connectivity index (χ3n) is 3.34. The molecule has 0 atom stereocenters. The zero-order valence-corrected chi connectivity index (χ0v) is 11.0. The van der Waals surface area contributed by atoms with Gasteiger partial charge in [0.1, 0.15) is 5.01 Å². The molecule has 3 nitrogen and oxygen atoms in total. The highest BCUT2D eigenvalue weighted by atomic mass is 32.1. The standard InChI is InChI=1S/C12H21N3S/c1-3-6-15-7-4-12(13,5-8-15)11-14-9-10(2)16-11/h9H,3-8,13H2,1-2H3. The second kappa shape index (κ2) is 4.82. The van der Waals surface area contributed by atoms with Gasteiger partial charge in [0.25, 0.3) is 0 Å². The van der Waals surface area contributed by atoms with Crippen LogP contribution >= 0.6 is 11.3 Å². The number of piperidine rings is 1. The SMILES string of the molecule is CCCN1CCC(N)(c2ncc(C)s2)CC1. The van der Waals surface area contributed by atoms with Gasteiger partial charge >= 0.3 is 0 Å². The number of hydrogen-bond donors (Lipinski definition) is 1. The van der Waals surface area contributed by atoms with E-state index in [0.29, 0.717) is 0 Å². The maximum absolute atomic E-state index is 6.47. The van der Waals surface area contributed by atoms with Crippen molar-refractivity contribution in [2.45, 2.75) is 38.6 Å². The first-order chi connectivity index (χ1) is 7.64. The fourth-order valence-electron chi connectivity index (χ4n) is 2.29. The van der Waals surface area contributed by atoms with Crippen LogP contribution in [0.15, 0.2) is 6.20 Å². The number of nitrogens with two attached hydrogens (primary N) is 1. The first-order valence-electron chi connectivity index (χ1n) is 6.08. The van der Waals surface area contributed by atoms with Crippen molar-refractivity contribution in [2.24, 2.45) is 5.73 Å². The molecule has 1 aromatic rings. The Morgan fingerprint density at radius 3 is 2.69 bits per heavy atom. The molecule has 0 spiro atoms. The molecule has 0 unspecified atom stereocenters. The summed E-state index contributed by atoms with van der Waals surface area (Å²) in [6, 6.07) is 0. The molecule has 0 radical (unpaired) electrons. The minimum atomic E-state index is -0.164. The second-order valence-electron chi connectivity index (χ2n) is 4.77. The summed E-state index contributed by atoms with van der Waals surface area (Å²) in [6.07, 6.45) is 5.25. The zero-order valence-electron chi connectivity index (χ0n) is 10.2. The summed E-state index contributed by atoms with van der Waals surface area (Å²) in [5.41, 5.74) is 6.31. The van der Waals surface area contributed by atoms with E-state index in [1.807, 2.05) is 6.20 Å². The predicted octanol–water partition coefficient (Wildman–Crippen LogP) is 2.11. The molecule has 0 aliphatic carbocycles. The van der Waals surface area contributed by atoms with Crippen molar-refractivity contribution in [2.75, 3.05) is 19.6 Å². The van der Waals surface area contributed by atoms with E-state index in [1.165, 1.54) is 17.8 Å². The molecule has 2 heterocycles. The summed E-state index contributed by atoms with van der Waals surface area (Å²) in [6.45, 7) is 7.75. The number of rotatable bonds is 3. The summed E-state index contributed by atoms with van der Waals surface area (Å²) in [5, 5.41) is 1.13. The molecule has 1 aliphatic rings. The Bertz CT molecular complexity index is 340. The van der Waals surface area contributed by atoms with Crippen molar-refractivity contribution < 1.29 is 0 Å². The van der Waals surface area contributed by atoms with Gasteiger partial charge in [0.15, 0.2) is 0 Å². The molecular weight excluding hydrogens is 218 g/mol. The summed E-state index contributed by atoms with van der Waals surface area (Å²) in [4.78, 5) is 8.22. The maximum atomic E-state index is 6.47. The predicted molar refractivity (Wildman–Crippen MR) is 68.7 cm³/mol. The Labute approximate surface area is 102 Å². The van der Waals surface area contributed by atoms with Crippen LogP contribution in [-0.4, -0.2) is 29.5 Å². The van der Waals surface area contributed by atoms with E-state index in [1.54, 1.807) is 11.3 Å². The van der Waals surface area contributed by atoms with E-state index in [2.05, 4.69) is 23.7 Å². The van der Waals surface area contributed by atoms with Gasteiger partial charge in [-0.25, -0.2) is 4.98 Å². The molecule has 0 saturated carbocycles. The molecular formula is C12H21N3S.